The van der Waals surface area contributed by atoms with Crippen LogP contribution in [0.25, 0.3) is 0 Å². The molecule has 0 rings (SSSR count). The average molecular weight is 254 g/mol. The molecule has 0 aliphatic rings. The van der Waals surface area contributed by atoms with Crippen molar-refractivity contribution in [2.24, 2.45) is 0 Å². The summed E-state index contributed by atoms with van der Waals surface area (Å²) in [6.07, 6.45) is 8.51. The zero-order valence-corrected chi connectivity index (χ0v) is 12.1. The van der Waals surface area contributed by atoms with Gasteiger partial charge in [-0.3, -0.25) is 0 Å². The normalized spacial score (nSPS) is 9.29. The van der Waals surface area contributed by atoms with Crippen LogP contribution in [-0.4, -0.2) is 11.2 Å². The molecule has 0 amide bonds. The Kier molecular flexibility index (Phi) is 15.4. The Labute approximate surface area is 98.9 Å². The molecule has 0 aromatic rings. The fourth-order valence-corrected chi connectivity index (χ4v) is 1.27. The fraction of sp³-hybridized carbons (Fsp3) is 0.900. The standard InChI is InChI=1S/C10H20O3.Zn/c1-2-3-4-5-6-7-8-9-10(11)13-12;/h12H,2-9H2,1H3;. The molecule has 0 spiro atoms. The predicted octanol–water partition coefficient (Wildman–Crippen LogP) is 3.14. The van der Waals surface area contributed by atoms with Crippen molar-refractivity contribution in [1.29, 1.82) is 0 Å². The van der Waals surface area contributed by atoms with E-state index in [-0.39, 0.29) is 19.5 Å². The van der Waals surface area contributed by atoms with E-state index in [9.17, 15) is 4.79 Å². The first-order valence-corrected chi connectivity index (χ1v) is 5.15. The van der Waals surface area contributed by atoms with Crippen molar-refractivity contribution in [3.8, 4) is 0 Å². The van der Waals surface area contributed by atoms with Crippen LogP contribution < -0.4 is 0 Å². The van der Waals surface area contributed by atoms with Gasteiger partial charge in [-0.1, -0.05) is 45.4 Å². The first-order chi connectivity index (χ1) is 6.31. The summed E-state index contributed by atoms with van der Waals surface area (Å²) in [7, 11) is 0. The smallest absolute Gasteiger partial charge is 0.301 e. The van der Waals surface area contributed by atoms with Crippen LogP contribution in [-0.2, 0) is 29.2 Å². The van der Waals surface area contributed by atoms with Gasteiger partial charge in [0.1, 0.15) is 0 Å². The summed E-state index contributed by atoms with van der Waals surface area (Å²) in [6.45, 7) is 2.19. The Morgan fingerprint density at radius 3 is 2.07 bits per heavy atom. The first-order valence-electron chi connectivity index (χ1n) is 5.15. The van der Waals surface area contributed by atoms with E-state index in [1.807, 2.05) is 0 Å². The van der Waals surface area contributed by atoms with Gasteiger partial charge < -0.3 is 4.89 Å². The Morgan fingerprint density at radius 1 is 1.07 bits per heavy atom. The third-order valence-corrected chi connectivity index (χ3v) is 2.09. The van der Waals surface area contributed by atoms with Gasteiger partial charge in [0, 0.05) is 25.9 Å². The quantitative estimate of drug-likeness (QED) is 0.313. The van der Waals surface area contributed by atoms with Gasteiger partial charge >= 0.3 is 5.97 Å². The molecule has 0 aromatic heterocycles. The molecule has 0 aromatic carbocycles. The van der Waals surface area contributed by atoms with Crippen LogP contribution in [0.1, 0.15) is 58.3 Å². The minimum absolute atomic E-state index is 0. The summed E-state index contributed by atoms with van der Waals surface area (Å²) in [5.41, 5.74) is 0. The molecule has 4 heteroatoms. The number of rotatable bonds is 8. The van der Waals surface area contributed by atoms with Crippen LogP contribution in [0, 0.1) is 0 Å². The second-order valence-electron chi connectivity index (χ2n) is 3.33. The van der Waals surface area contributed by atoms with Crippen molar-refractivity contribution >= 4 is 5.97 Å². The Hall–Kier alpha value is 0.0534. The van der Waals surface area contributed by atoms with Crippen molar-refractivity contribution in [3.63, 3.8) is 0 Å². The van der Waals surface area contributed by atoms with E-state index in [0.717, 1.165) is 12.8 Å². The zero-order chi connectivity index (χ0) is 9.94. The zero-order valence-electron chi connectivity index (χ0n) is 9.13. The molecule has 3 nitrogen and oxygen atoms in total. The molecule has 0 radical (unpaired) electrons. The monoisotopic (exact) mass is 252 g/mol. The average Bonchev–Trinajstić information content (AvgIpc) is 2.16. The predicted molar refractivity (Wildman–Crippen MR) is 51.3 cm³/mol. The summed E-state index contributed by atoms with van der Waals surface area (Å²) in [6, 6.07) is 0. The van der Waals surface area contributed by atoms with Gasteiger partial charge in [0.25, 0.3) is 0 Å². The van der Waals surface area contributed by atoms with Crippen LogP contribution in [0.2, 0.25) is 0 Å². The number of unbranched alkanes of at least 4 members (excludes halogenated alkanes) is 6. The van der Waals surface area contributed by atoms with Crippen LogP contribution in [0.15, 0.2) is 0 Å². The van der Waals surface area contributed by atoms with Crippen molar-refractivity contribution in [3.05, 3.63) is 0 Å². The molecule has 0 saturated carbocycles. The molecule has 14 heavy (non-hydrogen) atoms. The minimum Gasteiger partial charge on any atom is -0.301 e. The SMILES string of the molecule is CCCCCCCCCC(=O)OO.[Zn]. The van der Waals surface area contributed by atoms with Crippen LogP contribution >= 0.6 is 0 Å². The Bertz CT molecular complexity index is 129. The van der Waals surface area contributed by atoms with Gasteiger partial charge in [0.15, 0.2) is 0 Å². The van der Waals surface area contributed by atoms with E-state index in [4.69, 9.17) is 5.26 Å². The molecule has 1 N–H and O–H groups in total. The van der Waals surface area contributed by atoms with E-state index in [2.05, 4.69) is 11.8 Å². The second kappa shape index (κ2) is 13.1. The maximum atomic E-state index is 10.5. The summed E-state index contributed by atoms with van der Waals surface area (Å²) in [5.74, 6) is -0.520. The molecule has 80 valence electrons. The molecular weight excluding hydrogens is 233 g/mol. The summed E-state index contributed by atoms with van der Waals surface area (Å²) >= 11 is 0. The van der Waals surface area contributed by atoms with Gasteiger partial charge in [-0.15, -0.1) is 0 Å². The van der Waals surface area contributed by atoms with Gasteiger partial charge in [-0.05, 0) is 6.42 Å². The third-order valence-electron chi connectivity index (χ3n) is 2.09. The van der Waals surface area contributed by atoms with E-state index < -0.39 is 5.97 Å². The minimum atomic E-state index is -0.520. The van der Waals surface area contributed by atoms with Gasteiger partial charge in [-0.25, -0.2) is 4.79 Å². The number of hydrogen-bond donors (Lipinski definition) is 1. The number of carbonyl (C=O) groups excluding carboxylic acids is 1. The van der Waals surface area contributed by atoms with Crippen LogP contribution in [0.4, 0.5) is 0 Å². The van der Waals surface area contributed by atoms with Gasteiger partial charge in [-0.2, -0.15) is 5.26 Å². The van der Waals surface area contributed by atoms with E-state index in [1.165, 1.54) is 32.1 Å². The Balaban J connectivity index is 0. The van der Waals surface area contributed by atoms with Crippen molar-refractivity contribution in [2.45, 2.75) is 58.3 Å². The van der Waals surface area contributed by atoms with Crippen LogP contribution in [0.3, 0.4) is 0 Å². The van der Waals surface area contributed by atoms with E-state index in [0.29, 0.717) is 6.42 Å². The second-order valence-corrected chi connectivity index (χ2v) is 3.33. The largest absolute Gasteiger partial charge is 0.342 e. The summed E-state index contributed by atoms with van der Waals surface area (Å²) in [5, 5.41) is 7.96. The molecule has 0 saturated heterocycles. The molecular formula is C10H20O3Zn. The maximum Gasteiger partial charge on any atom is 0.342 e. The Morgan fingerprint density at radius 2 is 1.57 bits per heavy atom. The van der Waals surface area contributed by atoms with Crippen molar-refractivity contribution < 1.29 is 34.4 Å². The molecule has 0 fully saturated rings. The topological polar surface area (TPSA) is 46.5 Å². The summed E-state index contributed by atoms with van der Waals surface area (Å²) in [4.78, 5) is 14.0. The molecule has 0 aliphatic carbocycles. The van der Waals surface area contributed by atoms with Gasteiger partial charge in [0.2, 0.25) is 0 Å². The molecule has 0 heterocycles. The van der Waals surface area contributed by atoms with Crippen molar-refractivity contribution in [2.75, 3.05) is 0 Å². The third kappa shape index (κ3) is 12.1. The number of hydrogen-bond acceptors (Lipinski definition) is 3. The van der Waals surface area contributed by atoms with Crippen LogP contribution in [0.5, 0.6) is 0 Å². The maximum absolute atomic E-state index is 10.5. The summed E-state index contributed by atoms with van der Waals surface area (Å²) < 4.78 is 0. The van der Waals surface area contributed by atoms with E-state index >= 15 is 0 Å². The molecule has 0 aliphatic heterocycles. The molecule has 0 unspecified atom stereocenters. The molecule has 0 atom stereocenters. The van der Waals surface area contributed by atoms with Crippen molar-refractivity contribution in [1.82, 2.24) is 0 Å². The molecule has 0 bridgehead atoms. The fourth-order valence-electron chi connectivity index (χ4n) is 1.27. The van der Waals surface area contributed by atoms with Gasteiger partial charge in [0.05, 0.1) is 0 Å². The number of carbonyl (C=O) groups is 1. The van der Waals surface area contributed by atoms with E-state index in [1.54, 1.807) is 0 Å². The first kappa shape index (κ1) is 16.5.